The summed E-state index contributed by atoms with van der Waals surface area (Å²) >= 11 is 1.30. The number of hydrogen-bond donors (Lipinski definition) is 1. The molecule has 0 saturated heterocycles. The van der Waals surface area contributed by atoms with E-state index >= 15 is 0 Å². The van der Waals surface area contributed by atoms with Crippen LogP contribution in [0.5, 0.6) is 0 Å². The lowest BCUT2D eigenvalue weighted by Gasteiger charge is -2.08. The van der Waals surface area contributed by atoms with E-state index in [1.807, 2.05) is 13.0 Å². The first-order valence-electron chi connectivity index (χ1n) is 8.48. The van der Waals surface area contributed by atoms with Crippen molar-refractivity contribution in [1.82, 2.24) is 14.9 Å². The molecule has 6 nitrogen and oxygen atoms in total. The van der Waals surface area contributed by atoms with Crippen molar-refractivity contribution in [3.8, 4) is 0 Å². The lowest BCUT2D eigenvalue weighted by molar-refractivity contribution is 0.0951. The zero-order chi connectivity index (χ0) is 17.4. The summed E-state index contributed by atoms with van der Waals surface area (Å²) in [7, 11) is 0. The van der Waals surface area contributed by atoms with Crippen LogP contribution in [0.25, 0.3) is 10.2 Å². The molecule has 1 amide bonds. The molecular weight excluding hydrogens is 338 g/mol. The summed E-state index contributed by atoms with van der Waals surface area (Å²) in [5, 5.41) is 3.43. The van der Waals surface area contributed by atoms with Crippen molar-refractivity contribution < 1.29 is 9.21 Å². The molecule has 0 bridgehead atoms. The molecule has 0 aromatic carbocycles. The van der Waals surface area contributed by atoms with E-state index in [1.54, 1.807) is 16.9 Å². The summed E-state index contributed by atoms with van der Waals surface area (Å²) in [6, 6.07) is 3.59. The predicted octanol–water partition coefficient (Wildman–Crippen LogP) is 3.02. The highest BCUT2D eigenvalue weighted by Crippen LogP contribution is 2.28. The lowest BCUT2D eigenvalue weighted by Crippen LogP contribution is -2.25. The highest BCUT2D eigenvalue weighted by Gasteiger charge is 2.22. The van der Waals surface area contributed by atoms with E-state index in [1.165, 1.54) is 11.3 Å². The Morgan fingerprint density at radius 2 is 2.28 bits per heavy atom. The van der Waals surface area contributed by atoms with Gasteiger partial charge in [0.25, 0.3) is 11.5 Å². The molecule has 0 radical (unpaired) electrons. The van der Waals surface area contributed by atoms with E-state index in [0.29, 0.717) is 39.5 Å². The second-order valence-corrected chi connectivity index (χ2v) is 7.29. The molecule has 1 aliphatic heterocycles. The lowest BCUT2D eigenvalue weighted by atomic mass is 10.2. The summed E-state index contributed by atoms with van der Waals surface area (Å²) in [5.41, 5.74) is 0.703. The topological polar surface area (TPSA) is 77.1 Å². The average molecular weight is 357 g/mol. The largest absolute Gasteiger partial charge is 0.467 e. The van der Waals surface area contributed by atoms with Gasteiger partial charge in [0.2, 0.25) is 0 Å². The van der Waals surface area contributed by atoms with Crippen LogP contribution in [-0.2, 0) is 19.5 Å². The van der Waals surface area contributed by atoms with E-state index < -0.39 is 0 Å². The Hall–Kier alpha value is -2.41. The first-order chi connectivity index (χ1) is 12.1. The molecule has 1 aliphatic rings. The third kappa shape index (κ3) is 2.89. The van der Waals surface area contributed by atoms with Gasteiger partial charge in [-0.2, -0.15) is 0 Å². The minimum Gasteiger partial charge on any atom is -0.467 e. The average Bonchev–Trinajstić information content (AvgIpc) is 3.15. The summed E-state index contributed by atoms with van der Waals surface area (Å²) in [6.45, 7) is 2.86. The molecule has 7 heteroatoms. The van der Waals surface area contributed by atoms with Crippen molar-refractivity contribution in [2.24, 2.45) is 0 Å². The first kappa shape index (κ1) is 16.1. The van der Waals surface area contributed by atoms with Crippen molar-refractivity contribution in [2.45, 2.75) is 45.7 Å². The van der Waals surface area contributed by atoms with Gasteiger partial charge in [-0.25, -0.2) is 4.98 Å². The maximum Gasteiger partial charge on any atom is 0.262 e. The van der Waals surface area contributed by atoms with E-state index in [0.717, 1.165) is 31.5 Å². The zero-order valence-corrected chi connectivity index (χ0v) is 14.8. The number of aryl methyl sites for hydroxylation is 2. The van der Waals surface area contributed by atoms with E-state index in [4.69, 9.17) is 9.40 Å². The molecule has 4 rings (SSSR count). The normalized spacial score (nSPS) is 14.3. The quantitative estimate of drug-likeness (QED) is 0.782. The number of nitrogens with zero attached hydrogens (tertiary/aromatic N) is 2. The fourth-order valence-electron chi connectivity index (χ4n) is 3.29. The van der Waals surface area contributed by atoms with Crippen LogP contribution in [0.15, 0.2) is 27.6 Å². The van der Waals surface area contributed by atoms with Gasteiger partial charge < -0.3 is 9.73 Å². The van der Waals surface area contributed by atoms with Crippen LogP contribution in [0.3, 0.4) is 0 Å². The number of rotatable bonds is 3. The minimum atomic E-state index is -0.198. The van der Waals surface area contributed by atoms with Crippen molar-refractivity contribution in [3.05, 3.63) is 50.8 Å². The second kappa shape index (κ2) is 6.48. The number of carbonyl (C=O) groups excluding carboxylic acids is 1. The third-order valence-electron chi connectivity index (χ3n) is 4.62. The Morgan fingerprint density at radius 3 is 3.08 bits per heavy atom. The van der Waals surface area contributed by atoms with Gasteiger partial charge in [0.05, 0.1) is 23.1 Å². The predicted molar refractivity (Wildman–Crippen MR) is 96.1 cm³/mol. The number of amides is 1. The monoisotopic (exact) mass is 357 g/mol. The number of furan rings is 1. The molecule has 0 atom stereocenters. The Labute approximate surface area is 148 Å². The van der Waals surface area contributed by atoms with Crippen molar-refractivity contribution in [1.29, 1.82) is 0 Å². The van der Waals surface area contributed by atoms with Gasteiger partial charge in [0.15, 0.2) is 0 Å². The van der Waals surface area contributed by atoms with Gasteiger partial charge in [-0.05, 0) is 37.5 Å². The van der Waals surface area contributed by atoms with E-state index in [2.05, 4.69) is 5.32 Å². The van der Waals surface area contributed by atoms with Crippen LogP contribution in [0.4, 0.5) is 0 Å². The molecule has 25 heavy (non-hydrogen) atoms. The van der Waals surface area contributed by atoms with Gasteiger partial charge in [-0.1, -0.05) is 6.42 Å². The van der Waals surface area contributed by atoms with Gasteiger partial charge in [-0.15, -0.1) is 11.3 Å². The highest BCUT2D eigenvalue weighted by atomic mass is 32.1. The smallest absolute Gasteiger partial charge is 0.262 e. The van der Waals surface area contributed by atoms with E-state index in [-0.39, 0.29) is 11.5 Å². The number of nitrogens with one attached hydrogen (secondary N) is 1. The number of aromatic nitrogens is 2. The molecule has 4 heterocycles. The number of thiophene rings is 1. The fourth-order valence-corrected chi connectivity index (χ4v) is 4.39. The Bertz CT molecular complexity index is 985. The van der Waals surface area contributed by atoms with Crippen LogP contribution in [0.1, 0.15) is 46.1 Å². The standard InChI is InChI=1S/C18H19N3O3S/c1-11-14-17(20-13-7-3-2-4-8-21(13)18(14)23)25-15(11)16(22)19-10-12-6-5-9-24-12/h5-6,9H,2-4,7-8,10H2,1H3,(H,19,22). The minimum absolute atomic E-state index is 0.0132. The molecule has 0 aliphatic carbocycles. The molecule has 0 spiro atoms. The van der Waals surface area contributed by atoms with Gasteiger partial charge in [-0.3, -0.25) is 14.2 Å². The van der Waals surface area contributed by atoms with Crippen LogP contribution < -0.4 is 10.9 Å². The summed E-state index contributed by atoms with van der Waals surface area (Å²) in [4.78, 5) is 31.4. The molecule has 0 saturated carbocycles. The molecule has 3 aromatic rings. The zero-order valence-electron chi connectivity index (χ0n) is 14.0. The number of hydrogen-bond acceptors (Lipinski definition) is 5. The Kier molecular flexibility index (Phi) is 4.17. The molecular formula is C18H19N3O3S. The van der Waals surface area contributed by atoms with Crippen molar-refractivity contribution in [2.75, 3.05) is 0 Å². The third-order valence-corrected chi connectivity index (χ3v) is 5.81. The van der Waals surface area contributed by atoms with Crippen LogP contribution in [0.2, 0.25) is 0 Å². The second-order valence-electron chi connectivity index (χ2n) is 6.29. The molecule has 130 valence electrons. The van der Waals surface area contributed by atoms with Gasteiger partial charge >= 0.3 is 0 Å². The van der Waals surface area contributed by atoms with Crippen LogP contribution in [-0.4, -0.2) is 15.5 Å². The molecule has 3 aromatic heterocycles. The molecule has 1 N–H and O–H groups in total. The van der Waals surface area contributed by atoms with E-state index in [9.17, 15) is 9.59 Å². The first-order valence-corrected chi connectivity index (χ1v) is 9.30. The summed E-state index contributed by atoms with van der Waals surface area (Å²) < 4.78 is 7.02. The van der Waals surface area contributed by atoms with Gasteiger partial charge in [0, 0.05) is 13.0 Å². The maximum absolute atomic E-state index is 12.9. The Balaban J connectivity index is 1.71. The number of carbonyl (C=O) groups is 1. The van der Waals surface area contributed by atoms with Crippen molar-refractivity contribution in [3.63, 3.8) is 0 Å². The number of fused-ring (bicyclic) bond motifs is 2. The van der Waals surface area contributed by atoms with Gasteiger partial charge in [0.1, 0.15) is 16.4 Å². The summed E-state index contributed by atoms with van der Waals surface area (Å²) in [5.74, 6) is 1.34. The maximum atomic E-state index is 12.9. The Morgan fingerprint density at radius 1 is 1.40 bits per heavy atom. The van der Waals surface area contributed by atoms with Crippen LogP contribution >= 0.6 is 11.3 Å². The van der Waals surface area contributed by atoms with Crippen molar-refractivity contribution >= 4 is 27.5 Å². The molecule has 0 fully saturated rings. The SMILES string of the molecule is Cc1c(C(=O)NCc2ccco2)sc2nc3n(c(=O)c12)CCCCC3. The van der Waals surface area contributed by atoms with Crippen LogP contribution in [0, 0.1) is 6.92 Å². The highest BCUT2D eigenvalue weighted by molar-refractivity contribution is 7.20. The summed E-state index contributed by atoms with van der Waals surface area (Å²) in [6.07, 6.45) is 5.57. The molecule has 0 unspecified atom stereocenters. The fraction of sp³-hybridized carbons (Fsp3) is 0.389.